The minimum absolute atomic E-state index is 0.0649. The summed E-state index contributed by atoms with van der Waals surface area (Å²) in [7, 11) is 0. The number of aliphatic hydroxyl groups is 1. The smallest absolute Gasteiger partial charge is 0.326 e. The zero-order chi connectivity index (χ0) is 67.9. The van der Waals surface area contributed by atoms with Crippen LogP contribution in [0.15, 0.2) is 25.0 Å². The number of rotatable bonds is 43. The minimum atomic E-state index is -1.84. The number of imidazole rings is 2. The Labute approximate surface area is 518 Å². The maximum absolute atomic E-state index is 14.4. The molecule has 0 aliphatic carbocycles. The number of hydrogen-bond acceptors (Lipinski definition) is 19. The van der Waals surface area contributed by atoms with E-state index in [4.69, 9.17) is 17.2 Å². The van der Waals surface area contributed by atoms with Crippen molar-refractivity contribution in [1.29, 1.82) is 0 Å². The second-order valence-electron chi connectivity index (χ2n) is 22.7. The molecule has 90 heavy (non-hydrogen) atoms. The van der Waals surface area contributed by atoms with E-state index >= 15 is 0 Å². The maximum Gasteiger partial charge on any atom is 0.326 e. The molecule has 0 radical (unpaired) electrons. The molecule has 0 saturated carbocycles. The third kappa shape index (κ3) is 28.4. The van der Waals surface area contributed by atoms with Crippen molar-refractivity contribution in [3.05, 3.63) is 36.4 Å². The van der Waals surface area contributed by atoms with Gasteiger partial charge in [-0.25, -0.2) is 14.8 Å². The van der Waals surface area contributed by atoms with Gasteiger partial charge < -0.3 is 101 Å². The first kappa shape index (κ1) is 77.0. The van der Waals surface area contributed by atoms with Crippen molar-refractivity contribution >= 4 is 82.9 Å². The number of unbranched alkanes of at least 4 members (excludes halogenated alkanes) is 1. The molecule has 2 aromatic rings. The lowest BCUT2D eigenvalue weighted by Crippen LogP contribution is -2.61. The topological polar surface area (TPSA) is 576 Å². The van der Waals surface area contributed by atoms with Crippen molar-refractivity contribution in [1.82, 2.24) is 73.1 Å². The van der Waals surface area contributed by atoms with Crippen LogP contribution in [0.5, 0.6) is 0 Å². The monoisotopic (exact) mass is 1280 g/mol. The van der Waals surface area contributed by atoms with E-state index in [9.17, 15) is 87.5 Å². The molecule has 2 rings (SSSR count). The summed E-state index contributed by atoms with van der Waals surface area (Å²) < 4.78 is 0. The first-order chi connectivity index (χ1) is 42.3. The molecule has 0 spiro atoms. The Hall–Kier alpha value is -9.12. The number of carboxylic acid groups (broad SMARTS) is 3. The van der Waals surface area contributed by atoms with E-state index in [1.54, 1.807) is 41.5 Å². The van der Waals surface area contributed by atoms with Gasteiger partial charge in [0.25, 0.3) is 0 Å². The highest BCUT2D eigenvalue weighted by atomic mass is 16.4. The molecule has 2 aromatic heterocycles. The first-order valence-electron chi connectivity index (χ1n) is 29.3. The van der Waals surface area contributed by atoms with E-state index in [0.717, 1.165) is 0 Å². The number of H-pyrrole nitrogens is 2. The summed E-state index contributed by atoms with van der Waals surface area (Å²) in [6.07, 6.45) is 1.48. The van der Waals surface area contributed by atoms with Gasteiger partial charge in [-0.15, -0.1) is 0 Å². The van der Waals surface area contributed by atoms with Crippen LogP contribution in [0.2, 0.25) is 0 Å². The van der Waals surface area contributed by atoms with Crippen LogP contribution >= 0.6 is 0 Å². The number of primary amides is 1. The molecule has 11 atom stereocenters. The summed E-state index contributed by atoms with van der Waals surface area (Å²) in [5.41, 5.74) is 17.1. The molecule has 35 nitrogen and oxygen atoms in total. The van der Waals surface area contributed by atoms with Crippen LogP contribution in [0.1, 0.15) is 124 Å². The van der Waals surface area contributed by atoms with Gasteiger partial charge in [-0.05, 0) is 76.2 Å². The number of carboxylic acids is 3. The zero-order valence-electron chi connectivity index (χ0n) is 51.4. The van der Waals surface area contributed by atoms with Gasteiger partial charge in [0.15, 0.2) is 0 Å². The molecular weight excluding hydrogens is 1190 g/mol. The molecule has 2 heterocycles. The zero-order valence-corrected chi connectivity index (χ0v) is 51.4. The molecular formula is C55H89N17O18. The second-order valence-corrected chi connectivity index (χ2v) is 22.7. The average molecular weight is 1280 g/mol. The van der Waals surface area contributed by atoms with E-state index in [1.807, 2.05) is 0 Å². The van der Waals surface area contributed by atoms with Crippen LogP contribution in [0.25, 0.3) is 0 Å². The molecule has 0 aliphatic rings. The minimum Gasteiger partial charge on any atom is -0.481 e. The van der Waals surface area contributed by atoms with E-state index in [1.165, 1.54) is 32.0 Å². The van der Waals surface area contributed by atoms with Crippen LogP contribution < -0.4 is 70.4 Å². The number of aliphatic carboxylic acids is 3. The molecule has 0 fully saturated rings. The lowest BCUT2D eigenvalue weighted by molar-refractivity contribution is -0.144. The fourth-order valence-electron chi connectivity index (χ4n) is 8.74. The van der Waals surface area contributed by atoms with E-state index in [-0.39, 0.29) is 55.5 Å². The van der Waals surface area contributed by atoms with E-state index in [2.05, 4.69) is 73.1 Å². The van der Waals surface area contributed by atoms with Gasteiger partial charge in [-0.2, -0.15) is 0 Å². The number of carbonyl (C=O) groups excluding carboxylic acids is 11. The number of nitrogens with zero attached hydrogens (tertiary/aromatic N) is 2. The van der Waals surface area contributed by atoms with Crippen molar-refractivity contribution in [2.45, 2.75) is 192 Å². The highest BCUT2D eigenvalue weighted by molar-refractivity contribution is 5.99. The van der Waals surface area contributed by atoms with Crippen LogP contribution in [0.3, 0.4) is 0 Å². The number of amides is 11. The van der Waals surface area contributed by atoms with Crippen LogP contribution in [-0.4, -0.2) is 203 Å². The number of aromatic nitrogens is 4. The predicted octanol–water partition coefficient (Wildman–Crippen LogP) is -5.33. The number of nitrogens with two attached hydrogens (primary N) is 3. The van der Waals surface area contributed by atoms with E-state index < -0.39 is 200 Å². The fourth-order valence-corrected chi connectivity index (χ4v) is 8.74. The predicted molar refractivity (Wildman–Crippen MR) is 316 cm³/mol. The Morgan fingerprint density at radius 3 is 1.23 bits per heavy atom. The van der Waals surface area contributed by atoms with Crippen LogP contribution in [0.4, 0.5) is 0 Å². The third-order valence-corrected chi connectivity index (χ3v) is 13.5. The Balaban J connectivity index is 2.52. The van der Waals surface area contributed by atoms with Gasteiger partial charge in [-0.1, -0.05) is 41.5 Å². The average Bonchev–Trinajstić information content (AvgIpc) is 2.20. The lowest BCUT2D eigenvalue weighted by Gasteiger charge is -2.29. The van der Waals surface area contributed by atoms with Crippen LogP contribution in [-0.2, 0) is 80.0 Å². The Bertz CT molecular complexity index is 2740. The van der Waals surface area contributed by atoms with Gasteiger partial charge in [0, 0.05) is 49.5 Å². The van der Waals surface area contributed by atoms with Gasteiger partial charge >= 0.3 is 17.9 Å². The quantitative estimate of drug-likeness (QED) is 0.0276. The van der Waals surface area contributed by atoms with Crippen molar-refractivity contribution in [3.8, 4) is 0 Å². The van der Waals surface area contributed by atoms with Crippen molar-refractivity contribution in [3.63, 3.8) is 0 Å². The summed E-state index contributed by atoms with van der Waals surface area (Å²) in [6, 6.07) is -17.1. The molecule has 11 amide bonds. The van der Waals surface area contributed by atoms with Gasteiger partial charge in [0.1, 0.15) is 60.4 Å². The molecule has 22 N–H and O–H groups in total. The summed E-state index contributed by atoms with van der Waals surface area (Å²) in [4.78, 5) is 200. The number of aromatic amines is 2. The molecule has 35 heteroatoms. The summed E-state index contributed by atoms with van der Waals surface area (Å²) >= 11 is 0. The second kappa shape index (κ2) is 39.0. The first-order valence-corrected chi connectivity index (χ1v) is 29.3. The normalized spacial score (nSPS) is 14.9. The molecule has 502 valence electrons. The lowest BCUT2D eigenvalue weighted by atomic mass is 9.99. The standard InChI is InChI=1S/C55H89N17O18/c1-26(2)16-35(48(82)67-36(17-27(3)4)49(83)69-38(19-31-22-60-25-62-31)51(85)70-39(20-43(77)78)52(86)65-34(55(89)90)10-8-9-15-56)66-46(80)32(11-13-41(58)74)63-50(84)37(18-30-21-59-24-61-30)68-47(81)33(12-14-42(75)76)64-53(87)40(23-73)71-54(88)44(28(5)6)72-45(79)29(7)57/h21-22,24-29,32-40,44,73H,8-20,23,56-57H2,1-7H3,(H2,58,74)(H,59,61)(H,60,62)(H,63,84)(H,64,87)(H,65,86)(H,66,80)(H,67,82)(H,68,81)(H,69,83)(H,70,85)(H,71,88)(H,72,79)(H,75,76)(H,77,78)(H,89,90)/t29-,32-,33-,34-,35-,36-,37-,38-,39-,40-,44-/m0/s1. The Kier molecular flexibility index (Phi) is 33.4. The molecule has 0 unspecified atom stereocenters. The highest BCUT2D eigenvalue weighted by Crippen LogP contribution is 2.14. The Morgan fingerprint density at radius 1 is 0.467 bits per heavy atom. The third-order valence-electron chi connectivity index (χ3n) is 13.5. The van der Waals surface area contributed by atoms with Crippen LogP contribution in [0, 0.1) is 17.8 Å². The van der Waals surface area contributed by atoms with Gasteiger partial charge in [0.05, 0.1) is 31.7 Å². The highest BCUT2D eigenvalue weighted by Gasteiger charge is 2.38. The number of aliphatic hydroxyl groups excluding tert-OH is 1. The molecule has 0 bridgehead atoms. The molecule has 0 saturated heterocycles. The summed E-state index contributed by atoms with van der Waals surface area (Å²) in [5, 5.41) is 63.4. The Morgan fingerprint density at radius 2 is 0.856 bits per heavy atom. The van der Waals surface area contributed by atoms with Gasteiger partial charge in [-0.3, -0.25) is 62.3 Å². The number of nitrogens with one attached hydrogen (secondary N) is 12. The number of hydrogen-bond donors (Lipinski definition) is 19. The van der Waals surface area contributed by atoms with Crippen molar-refractivity contribution in [2.24, 2.45) is 35.0 Å². The van der Waals surface area contributed by atoms with Crippen molar-refractivity contribution in [2.75, 3.05) is 13.2 Å². The fraction of sp³-hybridized carbons (Fsp3) is 0.636. The largest absolute Gasteiger partial charge is 0.481 e. The molecule has 0 aliphatic heterocycles. The maximum atomic E-state index is 14.4. The summed E-state index contributed by atoms with van der Waals surface area (Å²) in [6.45, 7) is 10.5. The SMILES string of the molecule is CC(C)C[C@H](NC(=O)[C@H](CC(C)C)NC(=O)[C@H](CCC(N)=O)NC(=O)[C@H](Cc1cnc[nH]1)NC(=O)[C@H](CCC(=O)O)NC(=O)[C@H](CO)NC(=O)[C@@H](NC(=O)[C@H](C)N)C(C)C)C(=O)N[C@@H](Cc1cnc[nH]1)C(=O)N[C@@H](CC(=O)O)C(=O)N[C@@H](CCCCN)C(=O)O. The number of carbonyl (C=O) groups is 14. The molecule has 0 aromatic carbocycles. The van der Waals surface area contributed by atoms with Gasteiger partial charge in [0.2, 0.25) is 65.0 Å². The van der Waals surface area contributed by atoms with E-state index in [0.29, 0.717) is 12.8 Å². The van der Waals surface area contributed by atoms with Crippen molar-refractivity contribution < 1.29 is 87.5 Å². The summed E-state index contributed by atoms with van der Waals surface area (Å²) in [5.74, 6) is -16.8.